The molecule has 18 heavy (non-hydrogen) atoms. The number of aryl methyl sites for hydroxylation is 1. The lowest BCUT2D eigenvalue weighted by Gasteiger charge is -2.13. The maximum absolute atomic E-state index is 12.2. The van der Waals surface area contributed by atoms with Gasteiger partial charge in [-0.1, -0.05) is 37.5 Å². The maximum Gasteiger partial charge on any atom is 0.322 e. The van der Waals surface area contributed by atoms with Crippen molar-refractivity contribution in [2.75, 3.05) is 0 Å². The van der Waals surface area contributed by atoms with Crippen LogP contribution in [0.5, 0.6) is 0 Å². The molecule has 1 atom stereocenters. The van der Waals surface area contributed by atoms with Gasteiger partial charge < -0.3 is 5.11 Å². The molecule has 100 valence electrons. The van der Waals surface area contributed by atoms with Crippen LogP contribution in [0.2, 0.25) is 0 Å². The van der Waals surface area contributed by atoms with E-state index in [1.807, 2.05) is 13.8 Å². The number of aliphatic carboxylic acids is 1. The fraction of sp³-hybridized carbons (Fsp3) is 0.462. The lowest BCUT2D eigenvalue weighted by atomic mass is 10.2. The van der Waals surface area contributed by atoms with Crippen LogP contribution in [0.1, 0.15) is 31.7 Å². The molecule has 0 spiro atoms. The molecule has 1 aromatic rings. The Morgan fingerprint density at radius 1 is 1.28 bits per heavy atom. The zero-order valence-corrected chi connectivity index (χ0v) is 11.4. The van der Waals surface area contributed by atoms with E-state index in [0.717, 1.165) is 12.0 Å². The average Bonchev–Trinajstić information content (AvgIpc) is 2.29. The molecular formula is C13H18O4S. The van der Waals surface area contributed by atoms with Gasteiger partial charge >= 0.3 is 5.97 Å². The molecule has 0 fully saturated rings. The lowest BCUT2D eigenvalue weighted by Crippen LogP contribution is -2.30. The standard InChI is InChI=1S/C13H18O4S/c1-3-4-5-12(13(14)15)18(16,17)11-8-6-10(2)7-9-11/h6-9,12H,3-5H2,1-2H3,(H,14,15). The Balaban J connectivity index is 3.09. The van der Waals surface area contributed by atoms with Gasteiger partial charge in [0.25, 0.3) is 0 Å². The molecule has 0 saturated heterocycles. The molecule has 0 radical (unpaired) electrons. The first-order valence-electron chi connectivity index (χ1n) is 5.93. The molecule has 0 aromatic heterocycles. The zero-order valence-electron chi connectivity index (χ0n) is 10.6. The monoisotopic (exact) mass is 270 g/mol. The number of unbranched alkanes of at least 4 members (excludes halogenated alkanes) is 1. The van der Waals surface area contributed by atoms with E-state index in [9.17, 15) is 13.2 Å². The van der Waals surface area contributed by atoms with Gasteiger partial charge in [-0.3, -0.25) is 4.79 Å². The van der Waals surface area contributed by atoms with Crippen LogP contribution in [-0.4, -0.2) is 24.7 Å². The lowest BCUT2D eigenvalue weighted by molar-refractivity contribution is -0.136. The normalized spacial score (nSPS) is 13.2. The van der Waals surface area contributed by atoms with Crippen molar-refractivity contribution in [1.29, 1.82) is 0 Å². The number of hydrogen-bond acceptors (Lipinski definition) is 3. The smallest absolute Gasteiger partial charge is 0.322 e. The third-order valence-corrected chi connectivity index (χ3v) is 4.94. The van der Waals surface area contributed by atoms with Crippen molar-refractivity contribution in [3.05, 3.63) is 29.8 Å². The highest BCUT2D eigenvalue weighted by atomic mass is 32.2. The molecule has 0 aliphatic carbocycles. The summed E-state index contributed by atoms with van der Waals surface area (Å²) in [5.74, 6) is -1.27. The highest BCUT2D eigenvalue weighted by molar-refractivity contribution is 7.92. The number of sulfone groups is 1. The molecule has 1 N–H and O–H groups in total. The van der Waals surface area contributed by atoms with Crippen molar-refractivity contribution in [1.82, 2.24) is 0 Å². The van der Waals surface area contributed by atoms with Gasteiger partial charge in [0.05, 0.1) is 4.90 Å². The van der Waals surface area contributed by atoms with E-state index in [1.54, 1.807) is 12.1 Å². The molecule has 5 heteroatoms. The van der Waals surface area contributed by atoms with Crippen molar-refractivity contribution in [3.63, 3.8) is 0 Å². The number of carboxylic acid groups (broad SMARTS) is 1. The van der Waals surface area contributed by atoms with Gasteiger partial charge in [0.1, 0.15) is 0 Å². The van der Waals surface area contributed by atoms with Gasteiger partial charge in [-0.15, -0.1) is 0 Å². The van der Waals surface area contributed by atoms with Crippen LogP contribution >= 0.6 is 0 Å². The molecule has 0 aliphatic heterocycles. The Bertz CT molecular complexity index is 502. The summed E-state index contributed by atoms with van der Waals surface area (Å²) in [6.45, 7) is 3.75. The van der Waals surface area contributed by atoms with Crippen LogP contribution in [0.15, 0.2) is 29.2 Å². The summed E-state index contributed by atoms with van der Waals surface area (Å²) in [7, 11) is -3.79. The highest BCUT2D eigenvalue weighted by Crippen LogP contribution is 2.20. The van der Waals surface area contributed by atoms with Gasteiger partial charge in [-0.25, -0.2) is 8.42 Å². The quantitative estimate of drug-likeness (QED) is 0.861. The van der Waals surface area contributed by atoms with Crippen molar-refractivity contribution < 1.29 is 18.3 Å². The fourth-order valence-electron chi connectivity index (χ4n) is 1.69. The Labute approximate surface area is 108 Å². The fourth-order valence-corrected chi connectivity index (χ4v) is 3.28. The molecule has 4 nitrogen and oxygen atoms in total. The summed E-state index contributed by atoms with van der Waals surface area (Å²) in [5.41, 5.74) is 0.939. The average molecular weight is 270 g/mol. The van der Waals surface area contributed by atoms with Crippen LogP contribution in [0.25, 0.3) is 0 Å². The second-order valence-electron chi connectivity index (χ2n) is 4.33. The largest absolute Gasteiger partial charge is 0.480 e. The van der Waals surface area contributed by atoms with E-state index in [-0.39, 0.29) is 11.3 Å². The van der Waals surface area contributed by atoms with E-state index in [1.165, 1.54) is 12.1 Å². The number of benzene rings is 1. The van der Waals surface area contributed by atoms with Crippen molar-refractivity contribution in [2.45, 2.75) is 43.3 Å². The van der Waals surface area contributed by atoms with E-state index in [0.29, 0.717) is 6.42 Å². The number of carboxylic acids is 1. The summed E-state index contributed by atoms with van der Waals surface area (Å²) in [5, 5.41) is 7.73. The van der Waals surface area contributed by atoms with E-state index in [2.05, 4.69) is 0 Å². The summed E-state index contributed by atoms with van der Waals surface area (Å²) in [6, 6.07) is 6.27. The molecule has 0 amide bonds. The minimum absolute atomic E-state index is 0.0802. The summed E-state index contributed by atoms with van der Waals surface area (Å²) >= 11 is 0. The van der Waals surface area contributed by atoms with Gasteiger partial charge in [-0.05, 0) is 25.5 Å². The summed E-state index contributed by atoms with van der Waals surface area (Å²) in [6.07, 6.45) is 1.51. The third-order valence-electron chi connectivity index (χ3n) is 2.82. The van der Waals surface area contributed by atoms with Crippen LogP contribution in [0.4, 0.5) is 0 Å². The topological polar surface area (TPSA) is 71.4 Å². The van der Waals surface area contributed by atoms with E-state index >= 15 is 0 Å². The number of rotatable bonds is 6. The van der Waals surface area contributed by atoms with Gasteiger partial charge in [0.15, 0.2) is 15.1 Å². The first-order valence-corrected chi connectivity index (χ1v) is 7.47. The predicted octanol–water partition coefficient (Wildman–Crippen LogP) is 2.41. The summed E-state index contributed by atoms with van der Waals surface area (Å²) in [4.78, 5) is 11.2. The van der Waals surface area contributed by atoms with Crippen LogP contribution in [0.3, 0.4) is 0 Å². The maximum atomic E-state index is 12.2. The van der Waals surface area contributed by atoms with Crippen LogP contribution < -0.4 is 0 Å². The number of carbonyl (C=O) groups is 1. The molecule has 0 saturated carbocycles. The minimum Gasteiger partial charge on any atom is -0.480 e. The Morgan fingerprint density at radius 2 is 1.83 bits per heavy atom. The van der Waals surface area contributed by atoms with Crippen LogP contribution in [0, 0.1) is 6.92 Å². The first kappa shape index (κ1) is 14.7. The molecule has 1 unspecified atom stereocenters. The van der Waals surface area contributed by atoms with Crippen molar-refractivity contribution in [3.8, 4) is 0 Å². The molecule has 1 aromatic carbocycles. The Hall–Kier alpha value is -1.36. The second kappa shape index (κ2) is 6.00. The SMILES string of the molecule is CCCCC(C(=O)O)S(=O)(=O)c1ccc(C)cc1. The zero-order chi connectivity index (χ0) is 13.8. The predicted molar refractivity (Wildman–Crippen MR) is 69.3 cm³/mol. The Kier molecular flexibility index (Phi) is 4.90. The van der Waals surface area contributed by atoms with Gasteiger partial charge in [0.2, 0.25) is 0 Å². The molecule has 0 aliphatic rings. The van der Waals surface area contributed by atoms with E-state index in [4.69, 9.17) is 5.11 Å². The third kappa shape index (κ3) is 3.32. The van der Waals surface area contributed by atoms with Gasteiger partial charge in [0, 0.05) is 0 Å². The molecule has 0 bridgehead atoms. The first-order chi connectivity index (χ1) is 8.39. The van der Waals surface area contributed by atoms with Gasteiger partial charge in [-0.2, -0.15) is 0 Å². The Morgan fingerprint density at radius 3 is 2.28 bits per heavy atom. The molecule has 1 rings (SSSR count). The van der Waals surface area contributed by atoms with E-state index < -0.39 is 21.1 Å². The second-order valence-corrected chi connectivity index (χ2v) is 6.46. The van der Waals surface area contributed by atoms with Crippen LogP contribution in [-0.2, 0) is 14.6 Å². The highest BCUT2D eigenvalue weighted by Gasteiger charge is 2.33. The van der Waals surface area contributed by atoms with Crippen molar-refractivity contribution >= 4 is 15.8 Å². The van der Waals surface area contributed by atoms with Crippen molar-refractivity contribution in [2.24, 2.45) is 0 Å². The summed E-state index contributed by atoms with van der Waals surface area (Å²) < 4.78 is 24.4. The molecule has 0 heterocycles. The number of hydrogen-bond donors (Lipinski definition) is 1. The molecular weight excluding hydrogens is 252 g/mol. The minimum atomic E-state index is -3.79.